The lowest BCUT2D eigenvalue weighted by atomic mass is 9.91. The van der Waals surface area contributed by atoms with Gasteiger partial charge in [-0.2, -0.15) is 4.31 Å². The van der Waals surface area contributed by atoms with Crippen LogP contribution in [0.4, 0.5) is 0 Å². The monoisotopic (exact) mass is 516 g/mol. The molecular weight excluding hydrogens is 489 g/mol. The SMILES string of the molecule is B[C@@H]1O[C@H](COP(=O)(O)OP(=O)(O)OC2OC(CN=[N+]=[N-])CC(C)C2NC(C)=O)C(O)C1O. The van der Waals surface area contributed by atoms with E-state index in [1.165, 1.54) is 14.8 Å². The van der Waals surface area contributed by atoms with Gasteiger partial charge in [0, 0.05) is 11.8 Å². The molecule has 188 valence electrons. The van der Waals surface area contributed by atoms with Crippen molar-refractivity contribution in [1.82, 2.24) is 5.32 Å². The average Bonchev–Trinajstić information content (AvgIpc) is 2.93. The highest BCUT2D eigenvalue weighted by molar-refractivity contribution is 7.61. The van der Waals surface area contributed by atoms with E-state index in [2.05, 4.69) is 24.2 Å². The van der Waals surface area contributed by atoms with E-state index in [0.29, 0.717) is 6.42 Å². The number of rotatable bonds is 10. The van der Waals surface area contributed by atoms with Crippen molar-refractivity contribution >= 4 is 29.4 Å². The molecule has 1 amide bonds. The molecule has 16 nitrogen and oxygen atoms in total. The molecular formula is C14H27BN4O12P2. The second kappa shape index (κ2) is 11.6. The maximum Gasteiger partial charge on any atom is 0.483 e. The molecule has 2 saturated heterocycles. The number of phosphoric ester groups is 2. The Morgan fingerprint density at radius 2 is 1.94 bits per heavy atom. The molecule has 0 spiro atoms. The van der Waals surface area contributed by atoms with E-state index in [4.69, 9.17) is 19.5 Å². The second-order valence-corrected chi connectivity index (χ2v) is 10.8. The Morgan fingerprint density at radius 1 is 1.27 bits per heavy atom. The fourth-order valence-electron chi connectivity index (χ4n) is 3.48. The molecule has 0 aromatic carbocycles. The Bertz CT molecular complexity index is 847. The maximum absolute atomic E-state index is 12.4. The first-order chi connectivity index (χ1) is 15.2. The van der Waals surface area contributed by atoms with E-state index in [1.54, 1.807) is 6.92 Å². The van der Waals surface area contributed by atoms with Crippen LogP contribution < -0.4 is 5.32 Å². The summed E-state index contributed by atoms with van der Waals surface area (Å²) in [6.45, 7) is 2.03. The average molecular weight is 516 g/mol. The Balaban J connectivity index is 2.04. The van der Waals surface area contributed by atoms with Crippen LogP contribution in [0.1, 0.15) is 20.3 Å². The molecule has 0 radical (unpaired) electrons. The lowest BCUT2D eigenvalue weighted by Gasteiger charge is -2.40. The van der Waals surface area contributed by atoms with Gasteiger partial charge in [-0.3, -0.25) is 13.8 Å². The summed E-state index contributed by atoms with van der Waals surface area (Å²) < 4.78 is 49.1. The number of carbonyl (C=O) groups excluding carboxylic acids is 1. The number of hydrogen-bond donors (Lipinski definition) is 5. The van der Waals surface area contributed by atoms with Crippen LogP contribution in [0.15, 0.2) is 5.11 Å². The number of nitrogens with zero attached hydrogens (tertiary/aromatic N) is 3. The molecule has 2 rings (SSSR count). The topological polar surface area (TPSA) is 239 Å². The van der Waals surface area contributed by atoms with Gasteiger partial charge in [-0.1, -0.05) is 12.0 Å². The zero-order valence-corrected chi connectivity index (χ0v) is 19.8. The first-order valence-electron chi connectivity index (χ1n) is 9.89. The summed E-state index contributed by atoms with van der Waals surface area (Å²) >= 11 is 0. The number of phosphoric acid groups is 2. The van der Waals surface area contributed by atoms with Crippen molar-refractivity contribution in [2.24, 2.45) is 11.0 Å². The standard InChI is InChI=1S/C14H27BN4O12P2/c1-6-3-8(4-17-19-16)28-14(10(6)18-7(2)20)30-33(25,26)31-32(23,24)27-5-9-11(21)12(22)13(15)29-9/h6,8-14,21-22H,3-5,15H2,1-2H3,(H,18,20)(H,23,24)(H,25,26)/t6?,8?,9-,10?,11?,12?,13-,14?/m1/s1. The molecule has 0 aromatic rings. The van der Waals surface area contributed by atoms with Crippen LogP contribution in [-0.2, 0) is 36.8 Å². The molecule has 2 aliphatic heterocycles. The minimum atomic E-state index is -5.31. The van der Waals surface area contributed by atoms with Crippen molar-refractivity contribution in [1.29, 1.82) is 0 Å². The van der Waals surface area contributed by atoms with Gasteiger partial charge in [0.25, 0.3) is 0 Å². The summed E-state index contributed by atoms with van der Waals surface area (Å²) in [5.74, 6) is -0.855. The normalized spacial score (nSPS) is 38.0. The summed E-state index contributed by atoms with van der Waals surface area (Å²) in [7, 11) is -9.07. The van der Waals surface area contributed by atoms with Crippen LogP contribution >= 0.6 is 15.6 Å². The van der Waals surface area contributed by atoms with E-state index in [9.17, 15) is 33.9 Å². The van der Waals surface area contributed by atoms with Gasteiger partial charge in [-0.15, -0.1) is 0 Å². The van der Waals surface area contributed by atoms with E-state index in [-0.39, 0.29) is 12.5 Å². The summed E-state index contributed by atoms with van der Waals surface area (Å²) in [5.41, 5.74) is 8.49. The number of aliphatic hydroxyl groups excluding tert-OH is 2. The first kappa shape index (κ1) is 28.2. The maximum atomic E-state index is 12.4. The first-order valence-corrected chi connectivity index (χ1v) is 12.9. The minimum Gasteiger partial charge on any atom is -0.388 e. The molecule has 5 N–H and O–H groups in total. The zero-order valence-electron chi connectivity index (χ0n) is 18.0. The Kier molecular flexibility index (Phi) is 9.89. The van der Waals surface area contributed by atoms with Crippen molar-refractivity contribution in [2.75, 3.05) is 13.2 Å². The molecule has 2 heterocycles. The van der Waals surface area contributed by atoms with Crippen LogP contribution in [0.5, 0.6) is 0 Å². The highest BCUT2D eigenvalue weighted by atomic mass is 31.3. The summed E-state index contributed by atoms with van der Waals surface area (Å²) in [5, 5.41) is 25.3. The smallest absolute Gasteiger partial charge is 0.388 e. The van der Waals surface area contributed by atoms with Gasteiger partial charge in [0.15, 0.2) is 6.29 Å². The predicted molar refractivity (Wildman–Crippen MR) is 111 cm³/mol. The number of aliphatic hydroxyl groups is 2. The Hall–Kier alpha value is -1.06. The predicted octanol–water partition coefficient (Wildman–Crippen LogP) is -1.12. The zero-order chi connectivity index (χ0) is 25.0. The molecule has 2 fully saturated rings. The summed E-state index contributed by atoms with van der Waals surface area (Å²) in [4.78, 5) is 34.0. The van der Waals surface area contributed by atoms with Crippen LogP contribution in [0.25, 0.3) is 10.4 Å². The summed E-state index contributed by atoms with van der Waals surface area (Å²) in [6.07, 6.45) is -5.86. The van der Waals surface area contributed by atoms with Gasteiger partial charge in [0.2, 0.25) is 5.91 Å². The number of azide groups is 1. The van der Waals surface area contributed by atoms with E-state index < -0.39 is 70.9 Å². The van der Waals surface area contributed by atoms with Crippen LogP contribution in [-0.4, -0.2) is 89.7 Å². The van der Waals surface area contributed by atoms with Gasteiger partial charge in [-0.25, -0.2) is 9.13 Å². The second-order valence-electron chi connectivity index (χ2n) is 7.76. The number of carbonyl (C=O) groups is 1. The number of nitrogens with one attached hydrogen (secondary N) is 1. The van der Waals surface area contributed by atoms with Crippen molar-refractivity contribution in [3.63, 3.8) is 0 Å². The number of hydrogen-bond acceptors (Lipinski definition) is 11. The van der Waals surface area contributed by atoms with Gasteiger partial charge >= 0.3 is 15.6 Å². The molecule has 8 unspecified atom stereocenters. The third-order valence-corrected chi connectivity index (χ3v) is 7.63. The van der Waals surface area contributed by atoms with Crippen molar-refractivity contribution < 1.29 is 56.8 Å². The Morgan fingerprint density at radius 3 is 2.48 bits per heavy atom. The molecule has 0 saturated carbocycles. The molecule has 10 atom stereocenters. The Labute approximate surface area is 189 Å². The molecule has 19 heteroatoms. The lowest BCUT2D eigenvalue weighted by Crippen LogP contribution is -2.54. The van der Waals surface area contributed by atoms with Crippen molar-refractivity contribution in [2.45, 2.75) is 63.0 Å². The molecule has 2 aliphatic rings. The third kappa shape index (κ3) is 8.28. The van der Waals surface area contributed by atoms with Gasteiger partial charge < -0.3 is 34.8 Å². The largest absolute Gasteiger partial charge is 0.483 e. The third-order valence-electron chi connectivity index (χ3n) is 5.03. The quantitative estimate of drug-likeness (QED) is 0.0763. The van der Waals surface area contributed by atoms with Gasteiger partial charge in [0.1, 0.15) is 26.2 Å². The van der Waals surface area contributed by atoms with Crippen LogP contribution in [0.3, 0.4) is 0 Å². The molecule has 0 bridgehead atoms. The number of amides is 1. The van der Waals surface area contributed by atoms with Crippen LogP contribution in [0, 0.1) is 5.92 Å². The van der Waals surface area contributed by atoms with Gasteiger partial charge in [-0.05, 0) is 17.9 Å². The van der Waals surface area contributed by atoms with E-state index >= 15 is 0 Å². The number of ether oxygens (including phenoxy) is 2. The molecule has 0 aromatic heterocycles. The van der Waals surface area contributed by atoms with E-state index in [0.717, 1.165) is 0 Å². The minimum absolute atomic E-state index is 0.125. The fourth-order valence-corrected chi connectivity index (χ4v) is 5.65. The summed E-state index contributed by atoms with van der Waals surface area (Å²) in [6, 6.07) is -1.70. The van der Waals surface area contributed by atoms with E-state index in [1.807, 2.05) is 0 Å². The highest BCUT2D eigenvalue weighted by Crippen LogP contribution is 2.61. The lowest BCUT2D eigenvalue weighted by molar-refractivity contribution is -0.183. The fraction of sp³-hybridized carbons (Fsp3) is 0.929. The highest BCUT2D eigenvalue weighted by Gasteiger charge is 2.46. The van der Waals surface area contributed by atoms with Crippen LogP contribution in [0.2, 0.25) is 0 Å². The van der Waals surface area contributed by atoms with Crippen molar-refractivity contribution in [3.05, 3.63) is 10.4 Å². The molecule has 0 aliphatic carbocycles. The molecule has 33 heavy (non-hydrogen) atoms. The van der Waals surface area contributed by atoms with Gasteiger partial charge in [0.05, 0.1) is 31.3 Å². The van der Waals surface area contributed by atoms with Crippen molar-refractivity contribution in [3.8, 4) is 0 Å².